The molecule has 2 atom stereocenters. The number of hydrogen-bond donors (Lipinski definition) is 1. The van der Waals surface area contributed by atoms with Crippen LogP contribution in [0.2, 0.25) is 0 Å². The summed E-state index contributed by atoms with van der Waals surface area (Å²) in [4.78, 5) is 2.39. The summed E-state index contributed by atoms with van der Waals surface area (Å²) in [6, 6.07) is 2.05. The van der Waals surface area contributed by atoms with Gasteiger partial charge < -0.3 is 14.9 Å². The fourth-order valence-corrected chi connectivity index (χ4v) is 3.20. The number of furan rings is 1. The number of hydrogen-bond acceptors (Lipinski definition) is 4. The van der Waals surface area contributed by atoms with Crippen molar-refractivity contribution in [3.8, 4) is 0 Å². The molecule has 20 heavy (non-hydrogen) atoms. The number of nitrogens with two attached hydrogens (primary N) is 1. The number of likely N-dealkylation sites (N-methyl/N-ethyl adjacent to an activating group) is 1. The van der Waals surface area contributed by atoms with E-state index in [1.165, 1.54) is 5.56 Å². The van der Waals surface area contributed by atoms with Crippen molar-refractivity contribution < 1.29 is 9.15 Å². The molecule has 1 fully saturated rings. The maximum absolute atomic E-state index is 6.16. The van der Waals surface area contributed by atoms with Gasteiger partial charge in [0.2, 0.25) is 0 Å². The number of ether oxygens (including phenoxy) is 1. The molecule has 2 heterocycles. The fourth-order valence-electron chi connectivity index (χ4n) is 3.20. The van der Waals surface area contributed by atoms with Crippen molar-refractivity contribution in [3.05, 3.63) is 23.7 Å². The van der Waals surface area contributed by atoms with Gasteiger partial charge in [0.15, 0.2) is 0 Å². The Morgan fingerprint density at radius 1 is 1.45 bits per heavy atom. The predicted octanol–water partition coefficient (Wildman–Crippen LogP) is 2.70. The number of aryl methyl sites for hydroxylation is 1. The summed E-state index contributed by atoms with van der Waals surface area (Å²) in [5, 5.41) is 0. The number of nitrogens with zero attached hydrogens (tertiary/aromatic N) is 1. The van der Waals surface area contributed by atoms with Gasteiger partial charge in [0, 0.05) is 30.8 Å². The Bertz CT molecular complexity index is 445. The zero-order chi connectivity index (χ0) is 14.8. The lowest BCUT2D eigenvalue weighted by Crippen LogP contribution is -2.59. The second-order valence-electron chi connectivity index (χ2n) is 6.37. The van der Waals surface area contributed by atoms with Crippen molar-refractivity contribution >= 4 is 0 Å². The van der Waals surface area contributed by atoms with Gasteiger partial charge in [-0.3, -0.25) is 4.90 Å². The van der Waals surface area contributed by atoms with E-state index in [0.29, 0.717) is 6.54 Å². The summed E-state index contributed by atoms with van der Waals surface area (Å²) in [6.07, 6.45) is 4.76. The van der Waals surface area contributed by atoms with Crippen LogP contribution in [0, 0.1) is 6.92 Å². The lowest BCUT2D eigenvalue weighted by Gasteiger charge is -2.50. The Balaban J connectivity index is 2.15. The summed E-state index contributed by atoms with van der Waals surface area (Å²) in [7, 11) is 2.17. The van der Waals surface area contributed by atoms with Crippen LogP contribution in [0.15, 0.2) is 16.7 Å². The van der Waals surface area contributed by atoms with Crippen LogP contribution in [0.4, 0.5) is 0 Å². The molecule has 1 saturated heterocycles. The second-order valence-corrected chi connectivity index (χ2v) is 6.37. The van der Waals surface area contributed by atoms with Gasteiger partial charge in [-0.25, -0.2) is 0 Å². The minimum absolute atomic E-state index is 0.0206. The van der Waals surface area contributed by atoms with Crippen molar-refractivity contribution in [2.75, 3.05) is 20.2 Å². The molecular weight excluding hydrogens is 252 g/mol. The first-order chi connectivity index (χ1) is 9.45. The standard InChI is InChI=1S/C16H28N2O2/c1-5-15(3)11-16(12-17,7-9-20-15)18(4)10-14-6-8-19-13(14)2/h6,8H,5,7,9-12,17H2,1-4H3. The third-order valence-electron chi connectivity index (χ3n) is 5.03. The minimum atomic E-state index is -0.0582. The van der Waals surface area contributed by atoms with Gasteiger partial charge in [0.05, 0.1) is 11.9 Å². The van der Waals surface area contributed by atoms with Crippen LogP contribution >= 0.6 is 0 Å². The zero-order valence-corrected chi connectivity index (χ0v) is 13.2. The number of rotatable bonds is 5. The predicted molar refractivity (Wildman–Crippen MR) is 80.6 cm³/mol. The molecule has 2 unspecified atom stereocenters. The molecule has 0 spiro atoms. The molecule has 4 nitrogen and oxygen atoms in total. The lowest BCUT2D eigenvalue weighted by molar-refractivity contribution is -0.126. The average Bonchev–Trinajstić information content (AvgIpc) is 2.84. The highest BCUT2D eigenvalue weighted by Crippen LogP contribution is 2.38. The van der Waals surface area contributed by atoms with Crippen LogP contribution in [0.1, 0.15) is 44.4 Å². The monoisotopic (exact) mass is 280 g/mol. The van der Waals surface area contributed by atoms with Gasteiger partial charge in [-0.2, -0.15) is 0 Å². The van der Waals surface area contributed by atoms with Gasteiger partial charge >= 0.3 is 0 Å². The smallest absolute Gasteiger partial charge is 0.105 e. The third-order valence-corrected chi connectivity index (χ3v) is 5.03. The molecular formula is C16H28N2O2. The molecule has 0 amide bonds. The van der Waals surface area contributed by atoms with Crippen LogP contribution in [-0.2, 0) is 11.3 Å². The average molecular weight is 280 g/mol. The summed E-state index contributed by atoms with van der Waals surface area (Å²) in [5.74, 6) is 0.995. The molecule has 1 aromatic rings. The Morgan fingerprint density at radius 2 is 2.20 bits per heavy atom. The molecule has 2 N–H and O–H groups in total. The van der Waals surface area contributed by atoms with E-state index in [1.807, 2.05) is 13.0 Å². The molecule has 1 aromatic heterocycles. The SMILES string of the molecule is CCC1(C)CC(CN)(N(C)Cc2ccoc2C)CCO1. The van der Waals surface area contributed by atoms with Crippen molar-refractivity contribution in [2.45, 2.75) is 57.7 Å². The van der Waals surface area contributed by atoms with Crippen LogP contribution in [0.3, 0.4) is 0 Å². The van der Waals surface area contributed by atoms with Gasteiger partial charge in [0.25, 0.3) is 0 Å². The van der Waals surface area contributed by atoms with Crippen molar-refractivity contribution in [1.82, 2.24) is 4.90 Å². The third kappa shape index (κ3) is 2.92. The summed E-state index contributed by atoms with van der Waals surface area (Å²) in [5.41, 5.74) is 7.36. The zero-order valence-electron chi connectivity index (χ0n) is 13.2. The first-order valence-electron chi connectivity index (χ1n) is 7.53. The molecule has 0 aromatic carbocycles. The Morgan fingerprint density at radius 3 is 2.75 bits per heavy atom. The maximum atomic E-state index is 6.16. The van der Waals surface area contributed by atoms with E-state index in [9.17, 15) is 0 Å². The molecule has 1 aliphatic rings. The highest BCUT2D eigenvalue weighted by Gasteiger charge is 2.44. The highest BCUT2D eigenvalue weighted by molar-refractivity contribution is 5.16. The second kappa shape index (κ2) is 5.88. The van der Waals surface area contributed by atoms with Gasteiger partial charge in [-0.15, -0.1) is 0 Å². The van der Waals surface area contributed by atoms with Crippen LogP contribution in [0.25, 0.3) is 0 Å². The minimum Gasteiger partial charge on any atom is -0.469 e. The Kier molecular flexibility index (Phi) is 4.57. The molecule has 2 rings (SSSR count). The molecule has 0 aliphatic carbocycles. The van der Waals surface area contributed by atoms with Crippen LogP contribution < -0.4 is 5.73 Å². The molecule has 0 bridgehead atoms. The Hall–Kier alpha value is -0.840. The van der Waals surface area contributed by atoms with E-state index in [0.717, 1.165) is 38.2 Å². The molecule has 0 radical (unpaired) electrons. The summed E-state index contributed by atoms with van der Waals surface area (Å²) in [6.45, 7) is 8.73. The van der Waals surface area contributed by atoms with E-state index in [1.54, 1.807) is 6.26 Å². The van der Waals surface area contributed by atoms with Crippen LogP contribution in [0.5, 0.6) is 0 Å². The molecule has 114 valence electrons. The van der Waals surface area contributed by atoms with Gasteiger partial charge in [-0.1, -0.05) is 6.92 Å². The first-order valence-corrected chi connectivity index (χ1v) is 7.53. The molecule has 4 heteroatoms. The van der Waals surface area contributed by atoms with E-state index in [-0.39, 0.29) is 11.1 Å². The van der Waals surface area contributed by atoms with E-state index in [2.05, 4.69) is 25.8 Å². The molecule has 0 saturated carbocycles. The largest absolute Gasteiger partial charge is 0.469 e. The van der Waals surface area contributed by atoms with Crippen molar-refractivity contribution in [2.24, 2.45) is 5.73 Å². The first kappa shape index (κ1) is 15.5. The normalized spacial score (nSPS) is 30.9. The van der Waals surface area contributed by atoms with Crippen molar-refractivity contribution in [3.63, 3.8) is 0 Å². The van der Waals surface area contributed by atoms with Crippen LogP contribution in [-0.4, -0.2) is 36.2 Å². The van der Waals surface area contributed by atoms with Gasteiger partial charge in [-0.05, 0) is 46.2 Å². The summed E-state index contributed by atoms with van der Waals surface area (Å²) >= 11 is 0. The van der Waals surface area contributed by atoms with Gasteiger partial charge in [0.1, 0.15) is 5.76 Å². The van der Waals surface area contributed by atoms with E-state index < -0.39 is 0 Å². The van der Waals surface area contributed by atoms with E-state index in [4.69, 9.17) is 14.9 Å². The highest BCUT2D eigenvalue weighted by atomic mass is 16.5. The maximum Gasteiger partial charge on any atom is 0.105 e. The Labute approximate surface area is 122 Å². The van der Waals surface area contributed by atoms with E-state index >= 15 is 0 Å². The lowest BCUT2D eigenvalue weighted by atomic mass is 9.78. The molecule has 1 aliphatic heterocycles. The topological polar surface area (TPSA) is 51.6 Å². The summed E-state index contributed by atoms with van der Waals surface area (Å²) < 4.78 is 11.4. The quantitative estimate of drug-likeness (QED) is 0.901. The van der Waals surface area contributed by atoms with Crippen molar-refractivity contribution in [1.29, 1.82) is 0 Å². The fraction of sp³-hybridized carbons (Fsp3) is 0.750.